The second-order valence-corrected chi connectivity index (χ2v) is 5.21. The Bertz CT molecular complexity index is 531. The molecule has 1 aromatic carbocycles. The number of carbonyl (C=O) groups excluding carboxylic acids is 1. The summed E-state index contributed by atoms with van der Waals surface area (Å²) in [7, 11) is 1.90. The van der Waals surface area contributed by atoms with E-state index in [9.17, 15) is 14.9 Å². The number of piperidine rings is 1. The van der Waals surface area contributed by atoms with E-state index in [0.717, 1.165) is 12.8 Å². The zero-order valence-electron chi connectivity index (χ0n) is 11.5. The van der Waals surface area contributed by atoms with E-state index in [-0.39, 0.29) is 34.6 Å². The van der Waals surface area contributed by atoms with Crippen molar-refractivity contribution in [2.45, 2.75) is 18.9 Å². The number of halogens is 2. The van der Waals surface area contributed by atoms with Crippen LogP contribution in [0.15, 0.2) is 18.2 Å². The molecule has 1 N–H and O–H groups in total. The molecule has 8 heteroatoms. The molecule has 1 heterocycles. The lowest BCUT2D eigenvalue weighted by Gasteiger charge is -2.31. The fourth-order valence-corrected chi connectivity index (χ4v) is 2.54. The molecule has 1 saturated heterocycles. The molecule has 1 aromatic rings. The summed E-state index contributed by atoms with van der Waals surface area (Å²) in [6.45, 7) is 1.20. The van der Waals surface area contributed by atoms with Crippen LogP contribution in [0.25, 0.3) is 0 Å². The van der Waals surface area contributed by atoms with Crippen LogP contribution in [-0.4, -0.2) is 41.9 Å². The number of nitro benzene ring substituents is 1. The van der Waals surface area contributed by atoms with Crippen LogP contribution >= 0.6 is 24.0 Å². The van der Waals surface area contributed by atoms with Crippen LogP contribution in [0.2, 0.25) is 5.02 Å². The third kappa shape index (κ3) is 4.06. The molecule has 0 radical (unpaired) electrons. The van der Waals surface area contributed by atoms with Gasteiger partial charge in [0.2, 0.25) is 0 Å². The van der Waals surface area contributed by atoms with Crippen LogP contribution in [0.4, 0.5) is 5.69 Å². The molecule has 0 aliphatic carbocycles. The van der Waals surface area contributed by atoms with Gasteiger partial charge in [0, 0.05) is 30.2 Å². The average molecular weight is 334 g/mol. The van der Waals surface area contributed by atoms with E-state index in [4.69, 9.17) is 11.6 Å². The van der Waals surface area contributed by atoms with Gasteiger partial charge in [-0.1, -0.05) is 11.6 Å². The van der Waals surface area contributed by atoms with Crippen LogP contribution in [0.1, 0.15) is 23.2 Å². The molecule has 0 aromatic heterocycles. The Kier molecular flexibility index (Phi) is 6.39. The molecule has 1 aliphatic rings. The minimum Gasteiger partial charge on any atom is -0.338 e. The van der Waals surface area contributed by atoms with E-state index in [2.05, 4.69) is 5.32 Å². The van der Waals surface area contributed by atoms with Crippen molar-refractivity contribution in [2.75, 3.05) is 20.1 Å². The lowest BCUT2D eigenvalue weighted by Crippen LogP contribution is -2.44. The molecule has 1 amide bonds. The number of nitrogens with one attached hydrogen (secondary N) is 1. The van der Waals surface area contributed by atoms with Gasteiger partial charge in [0.25, 0.3) is 11.6 Å². The normalized spacial score (nSPS) is 15.4. The van der Waals surface area contributed by atoms with Gasteiger partial charge in [-0.15, -0.1) is 12.4 Å². The highest BCUT2D eigenvalue weighted by atomic mass is 35.5. The SMILES string of the molecule is CNC1CCN(C(=O)c2ccc(Cl)cc2[N+](=O)[O-])CC1.Cl. The summed E-state index contributed by atoms with van der Waals surface area (Å²) in [4.78, 5) is 24.5. The van der Waals surface area contributed by atoms with Gasteiger partial charge < -0.3 is 10.2 Å². The number of nitrogens with zero attached hydrogens (tertiary/aromatic N) is 2. The molecule has 1 fully saturated rings. The summed E-state index contributed by atoms with van der Waals surface area (Å²) in [5.41, 5.74) is -0.138. The third-order valence-corrected chi connectivity index (χ3v) is 3.81. The molecular formula is C13H17Cl2N3O3. The van der Waals surface area contributed by atoms with Crippen LogP contribution in [0.3, 0.4) is 0 Å². The number of hydrogen-bond donors (Lipinski definition) is 1. The molecule has 0 unspecified atom stereocenters. The van der Waals surface area contributed by atoms with E-state index >= 15 is 0 Å². The standard InChI is InChI=1S/C13H16ClN3O3.ClH/c1-15-10-4-6-16(7-5-10)13(18)11-3-2-9(14)8-12(11)17(19)20;/h2-3,8,10,15H,4-7H2,1H3;1H. The summed E-state index contributed by atoms with van der Waals surface area (Å²) in [5.74, 6) is -0.303. The van der Waals surface area contributed by atoms with Gasteiger partial charge in [0.15, 0.2) is 0 Å². The maximum Gasteiger partial charge on any atom is 0.283 e. The molecule has 116 valence electrons. The Balaban J connectivity index is 0.00000220. The van der Waals surface area contributed by atoms with Crippen molar-refractivity contribution in [1.29, 1.82) is 0 Å². The fraction of sp³-hybridized carbons (Fsp3) is 0.462. The van der Waals surface area contributed by atoms with Crippen molar-refractivity contribution in [3.63, 3.8) is 0 Å². The van der Waals surface area contributed by atoms with Crippen molar-refractivity contribution in [3.05, 3.63) is 38.9 Å². The van der Waals surface area contributed by atoms with E-state index in [0.29, 0.717) is 19.1 Å². The number of amides is 1. The number of rotatable bonds is 3. The van der Waals surface area contributed by atoms with Crippen LogP contribution < -0.4 is 5.32 Å². The lowest BCUT2D eigenvalue weighted by atomic mass is 10.0. The van der Waals surface area contributed by atoms with Gasteiger partial charge in [0.05, 0.1) is 4.92 Å². The first-order valence-corrected chi connectivity index (χ1v) is 6.81. The van der Waals surface area contributed by atoms with Crippen molar-refractivity contribution in [3.8, 4) is 0 Å². The van der Waals surface area contributed by atoms with Crippen LogP contribution in [0, 0.1) is 10.1 Å². The molecule has 2 rings (SSSR count). The van der Waals surface area contributed by atoms with Gasteiger partial charge >= 0.3 is 0 Å². The van der Waals surface area contributed by atoms with Gasteiger partial charge in [-0.05, 0) is 32.0 Å². The maximum atomic E-state index is 12.4. The minimum atomic E-state index is -0.570. The second kappa shape index (κ2) is 7.59. The largest absolute Gasteiger partial charge is 0.338 e. The summed E-state index contributed by atoms with van der Waals surface area (Å²) in [5, 5.41) is 14.5. The number of carbonyl (C=O) groups is 1. The smallest absolute Gasteiger partial charge is 0.283 e. The average Bonchev–Trinajstić information content (AvgIpc) is 2.46. The highest BCUT2D eigenvalue weighted by Crippen LogP contribution is 2.25. The predicted molar refractivity (Wildman–Crippen MR) is 83.3 cm³/mol. The number of likely N-dealkylation sites (tertiary alicyclic amines) is 1. The molecular weight excluding hydrogens is 317 g/mol. The first-order chi connectivity index (χ1) is 9.52. The van der Waals surface area contributed by atoms with Crippen LogP contribution in [0.5, 0.6) is 0 Å². The second-order valence-electron chi connectivity index (χ2n) is 4.77. The van der Waals surface area contributed by atoms with E-state index in [1.807, 2.05) is 7.05 Å². The van der Waals surface area contributed by atoms with E-state index < -0.39 is 4.92 Å². The van der Waals surface area contributed by atoms with Crippen molar-refractivity contribution in [1.82, 2.24) is 10.2 Å². The fourth-order valence-electron chi connectivity index (χ4n) is 2.38. The molecule has 0 saturated carbocycles. The van der Waals surface area contributed by atoms with Crippen LogP contribution in [-0.2, 0) is 0 Å². The topological polar surface area (TPSA) is 75.5 Å². The summed E-state index contributed by atoms with van der Waals surface area (Å²) in [6.07, 6.45) is 1.70. The molecule has 0 atom stereocenters. The Morgan fingerprint density at radius 1 is 1.43 bits per heavy atom. The zero-order chi connectivity index (χ0) is 14.7. The third-order valence-electron chi connectivity index (χ3n) is 3.58. The lowest BCUT2D eigenvalue weighted by molar-refractivity contribution is -0.385. The predicted octanol–water partition coefficient (Wildman–Crippen LogP) is 2.49. The Hall–Kier alpha value is -1.37. The molecule has 6 nitrogen and oxygen atoms in total. The molecule has 0 bridgehead atoms. The van der Waals surface area contributed by atoms with Gasteiger partial charge in [-0.3, -0.25) is 14.9 Å². The van der Waals surface area contributed by atoms with Crippen molar-refractivity contribution in [2.24, 2.45) is 0 Å². The molecule has 21 heavy (non-hydrogen) atoms. The summed E-state index contributed by atoms with van der Waals surface area (Å²) >= 11 is 5.75. The minimum absolute atomic E-state index is 0. The monoisotopic (exact) mass is 333 g/mol. The number of hydrogen-bond acceptors (Lipinski definition) is 4. The van der Waals surface area contributed by atoms with Gasteiger partial charge in [0.1, 0.15) is 5.56 Å². The first-order valence-electron chi connectivity index (χ1n) is 6.43. The zero-order valence-corrected chi connectivity index (χ0v) is 13.1. The summed E-state index contributed by atoms with van der Waals surface area (Å²) in [6, 6.07) is 4.55. The molecule has 0 spiro atoms. The first kappa shape index (κ1) is 17.7. The van der Waals surface area contributed by atoms with Crippen molar-refractivity contribution >= 4 is 35.6 Å². The number of benzene rings is 1. The number of nitro groups is 1. The Morgan fingerprint density at radius 3 is 2.57 bits per heavy atom. The Labute approximate surface area is 134 Å². The quantitative estimate of drug-likeness (QED) is 0.681. The highest BCUT2D eigenvalue weighted by Gasteiger charge is 2.27. The van der Waals surface area contributed by atoms with E-state index in [1.165, 1.54) is 18.2 Å². The van der Waals surface area contributed by atoms with E-state index in [1.54, 1.807) is 4.90 Å². The van der Waals surface area contributed by atoms with Crippen molar-refractivity contribution < 1.29 is 9.72 Å². The van der Waals surface area contributed by atoms with Gasteiger partial charge in [-0.2, -0.15) is 0 Å². The van der Waals surface area contributed by atoms with Gasteiger partial charge in [-0.25, -0.2) is 0 Å². The Morgan fingerprint density at radius 2 is 2.05 bits per heavy atom. The summed E-state index contributed by atoms with van der Waals surface area (Å²) < 4.78 is 0. The highest BCUT2D eigenvalue weighted by molar-refractivity contribution is 6.31. The molecule has 1 aliphatic heterocycles. The maximum absolute atomic E-state index is 12.4.